The summed E-state index contributed by atoms with van der Waals surface area (Å²) in [5.74, 6) is -3.96. The van der Waals surface area contributed by atoms with Crippen LogP contribution in [0.4, 0.5) is 56.6 Å². The van der Waals surface area contributed by atoms with Gasteiger partial charge in [0.05, 0.1) is 49.4 Å². The molecule has 2 aliphatic carbocycles. The molecular weight excluding hydrogens is 1520 g/mol. The van der Waals surface area contributed by atoms with E-state index in [-0.39, 0.29) is 128 Å². The quantitative estimate of drug-likeness (QED) is 0.0289. The van der Waals surface area contributed by atoms with Crippen LogP contribution in [-0.4, -0.2) is 94.3 Å². The fourth-order valence-corrected chi connectivity index (χ4v) is 13.0. The van der Waals surface area contributed by atoms with E-state index in [4.69, 9.17) is 40.0 Å². The van der Waals surface area contributed by atoms with Crippen molar-refractivity contribution in [2.24, 2.45) is 23.7 Å². The Bertz CT molecular complexity index is 4550. The number of halogens is 10. The summed E-state index contributed by atoms with van der Waals surface area (Å²) in [5.41, 5.74) is -0.333. The van der Waals surface area contributed by atoms with Crippen LogP contribution in [0.2, 0.25) is 0 Å². The van der Waals surface area contributed by atoms with Gasteiger partial charge in [0.15, 0.2) is 0 Å². The molecule has 0 unspecified atom stereocenters. The highest BCUT2D eigenvalue weighted by Crippen LogP contribution is 2.44. The minimum Gasteiger partial charge on any atom is -0.497 e. The van der Waals surface area contributed by atoms with Crippen LogP contribution in [0, 0.1) is 23.7 Å². The molecule has 3 aromatic heterocycles. The summed E-state index contributed by atoms with van der Waals surface area (Å²) in [4.78, 5) is 78.2. The topological polar surface area (TPSA) is 238 Å². The number of amides is 2. The van der Waals surface area contributed by atoms with E-state index in [0.29, 0.717) is 45.8 Å². The minimum atomic E-state index is -4.77. The fourth-order valence-electron chi connectivity index (χ4n) is 12.8. The Morgan fingerprint density at radius 3 is 1.11 bits per heavy atom. The lowest BCUT2D eigenvalue weighted by Gasteiger charge is -2.34. The van der Waals surface area contributed by atoms with Crippen molar-refractivity contribution in [3.05, 3.63) is 201 Å². The van der Waals surface area contributed by atoms with Gasteiger partial charge in [0.25, 0.3) is 0 Å². The molecule has 0 atom stereocenters. The monoisotopic (exact) mass is 1620 g/mol. The number of nitrogens with zero attached hydrogens (tertiary/aromatic N) is 5. The molecule has 5 aromatic carbocycles. The third kappa shape index (κ3) is 25.2. The van der Waals surface area contributed by atoms with Gasteiger partial charge in [-0.25, -0.2) is 29.3 Å². The number of pyridine rings is 3. The van der Waals surface area contributed by atoms with E-state index in [9.17, 15) is 73.7 Å². The normalized spacial score (nSPS) is 15.3. The molecule has 8 aromatic rings. The van der Waals surface area contributed by atoms with Crippen LogP contribution >= 0.6 is 11.6 Å². The molecule has 0 saturated heterocycles. The molecule has 114 heavy (non-hydrogen) atoms. The van der Waals surface area contributed by atoms with E-state index in [0.717, 1.165) is 86.8 Å². The number of carboxylic acids is 2. The Kier molecular flexibility index (Phi) is 34.1. The lowest BCUT2D eigenvalue weighted by atomic mass is 9.82. The highest BCUT2D eigenvalue weighted by Gasteiger charge is 2.40. The first-order valence-corrected chi connectivity index (χ1v) is 36.4. The van der Waals surface area contributed by atoms with E-state index in [2.05, 4.69) is 34.1 Å². The number of aromatic carboxylic acids is 2. The first kappa shape index (κ1) is 94.0. The summed E-state index contributed by atoms with van der Waals surface area (Å²) in [5, 5.41) is 22.5. The maximum Gasteiger partial charge on any atom is 0.421 e. The third-order valence-corrected chi connectivity index (χ3v) is 18.9. The van der Waals surface area contributed by atoms with Crippen LogP contribution in [0.1, 0.15) is 205 Å². The number of hydrogen-bond donors (Lipinski definition) is 3. The van der Waals surface area contributed by atoms with E-state index < -0.39 is 70.8 Å². The Morgan fingerprint density at radius 1 is 0.456 bits per heavy atom. The van der Waals surface area contributed by atoms with Gasteiger partial charge in [0.1, 0.15) is 45.4 Å². The summed E-state index contributed by atoms with van der Waals surface area (Å²) in [7, 11) is 4.25. The number of aromatic nitrogens is 3. The van der Waals surface area contributed by atoms with Gasteiger partial charge >= 0.3 is 36.4 Å². The number of methoxy groups -OCH3 is 3. The molecule has 10 rings (SSSR count). The van der Waals surface area contributed by atoms with Gasteiger partial charge in [-0.2, -0.15) is 39.5 Å². The van der Waals surface area contributed by atoms with Crippen molar-refractivity contribution in [1.29, 1.82) is 0 Å². The fraction of sp³-hybridized carbons (Fsp3) is 0.412. The van der Waals surface area contributed by atoms with Crippen molar-refractivity contribution in [3.8, 4) is 46.4 Å². The Morgan fingerprint density at radius 2 is 0.781 bits per heavy atom. The smallest absolute Gasteiger partial charge is 0.421 e. The van der Waals surface area contributed by atoms with Gasteiger partial charge in [-0.15, -0.1) is 11.6 Å². The Balaban J connectivity index is 0.000000304. The van der Waals surface area contributed by atoms with E-state index >= 15 is 0 Å². The van der Waals surface area contributed by atoms with Crippen LogP contribution in [0.3, 0.4) is 0 Å². The first-order chi connectivity index (χ1) is 52.4. The minimum absolute atomic E-state index is 0. The van der Waals surface area contributed by atoms with Crippen molar-refractivity contribution in [2.75, 3.05) is 36.4 Å². The maximum absolute atomic E-state index is 14.0. The molecule has 2 aliphatic rings. The van der Waals surface area contributed by atoms with Crippen LogP contribution in [0.5, 0.6) is 46.4 Å². The van der Waals surface area contributed by atoms with Gasteiger partial charge in [-0.1, -0.05) is 60.4 Å². The number of carbonyl (C=O) groups is 5. The summed E-state index contributed by atoms with van der Waals surface area (Å²) >= 11 is 5.66. The predicted molar refractivity (Wildman–Crippen MR) is 420 cm³/mol. The van der Waals surface area contributed by atoms with Gasteiger partial charge < -0.3 is 53.8 Å². The molecule has 29 heteroatoms. The molecule has 19 nitrogen and oxygen atoms in total. The number of esters is 1. The van der Waals surface area contributed by atoms with E-state index in [1.165, 1.54) is 93.4 Å². The molecule has 3 N–H and O–H groups in total. The van der Waals surface area contributed by atoms with Crippen LogP contribution < -0.4 is 38.8 Å². The van der Waals surface area contributed by atoms with Crippen LogP contribution in [0.15, 0.2) is 140 Å². The molecule has 2 amide bonds. The number of ether oxygens (including phenoxy) is 6. The lowest BCUT2D eigenvalue weighted by molar-refractivity contribution is -0.139. The molecule has 0 aliphatic heterocycles. The van der Waals surface area contributed by atoms with Gasteiger partial charge in [-0.3, -0.25) is 9.59 Å². The van der Waals surface area contributed by atoms with Gasteiger partial charge in [0.2, 0.25) is 29.5 Å². The highest BCUT2D eigenvalue weighted by molar-refractivity contribution is 6.17. The number of nitrogens with one attached hydrogen (secondary N) is 1. The number of carboxylic acid groups (broad SMARTS) is 2. The van der Waals surface area contributed by atoms with Crippen LogP contribution in [-0.2, 0) is 51.6 Å². The third-order valence-electron chi connectivity index (χ3n) is 18.6. The number of rotatable bonds is 24. The average Bonchev–Trinajstić information content (AvgIpc) is 0.906. The zero-order valence-electron chi connectivity index (χ0n) is 63.0. The number of alkyl halides is 10. The van der Waals surface area contributed by atoms with Gasteiger partial charge in [0, 0.05) is 60.1 Å². The van der Waals surface area contributed by atoms with Gasteiger partial charge in [-0.05, 0) is 242 Å². The Hall–Kier alpha value is -10.6. The summed E-state index contributed by atoms with van der Waals surface area (Å²) in [6.45, 7) is 15.3. The average molecular weight is 1620 g/mol. The number of hydrogen-bond acceptors (Lipinski definition) is 15. The number of carbonyl (C=O) groups excluding carboxylic acids is 3. The van der Waals surface area contributed by atoms with Crippen molar-refractivity contribution in [3.63, 3.8) is 0 Å². The molecule has 2 saturated carbocycles. The Labute approximate surface area is 664 Å². The SMILES string of the molecule is C.C.C.COC(=O)c1cc(Oc2ncc(CCl)cc2C(F)(F)F)ccc1N(C(=O)C1CCC(C)CC1)C(C)C.COc1ccc(Cc2cnc(Oc3ccc(N(C(=O)C4CCC(C)CC4)C(C)C)c(C(=O)O)c3)c(C(F)(F)F)c2)cc1.COc1ccc(Cc2cnc(Oc3ccc(NC(C)C)c(C(=O)O)c3)c(C(F)(F)F)c2)cc1. The summed E-state index contributed by atoms with van der Waals surface area (Å²) in [6, 6.07) is 28.2. The van der Waals surface area contributed by atoms with E-state index in [1.54, 1.807) is 67.3 Å². The molecule has 618 valence electrons. The van der Waals surface area contributed by atoms with Crippen molar-refractivity contribution in [1.82, 2.24) is 15.0 Å². The second-order valence-corrected chi connectivity index (χ2v) is 28.3. The standard InChI is InChI=1S/C32H35F3N2O5.C26H30ClF3N2O4.C24H23F3N2O4.3CH4/c1-19(2)37(30(38)23-9-5-20(3)6-10-23)28-14-13-25(17-26(28)31(39)40)42-29-27(32(33,34)35)16-22(18-36-29)15-21-7-11-24(41-4)12-8-21;1-15(2)32(24(33)18-7-5-16(3)6-8-18)22-10-9-19(12-20(22)25(34)35-4)36-23-21(26(28,29)30)11-17(13-27)14-31-23;1-14(2)29-21-9-8-18(12-19(21)23(30)31)33-22-20(24(25,26)27)11-16(13-28-22)10-15-4-6-17(32-3)7-5-15;;;/h7-8,11-14,16-20,23H,5-6,9-10,15H2,1-4H3,(H,39,40);9-12,14-16,18H,5-8,13H2,1-4H3;4-9,11-14,29H,10H2,1-3H3,(H,30,31);3*1H4. The molecular formula is C85H100ClF9N6O13. The second kappa shape index (κ2) is 41.4. The number of anilines is 3. The van der Waals surface area contributed by atoms with Crippen molar-refractivity contribution in [2.45, 2.75) is 184 Å². The molecule has 2 fully saturated rings. The number of benzene rings is 5. The molecule has 0 bridgehead atoms. The zero-order chi connectivity index (χ0) is 81.4. The predicted octanol–water partition coefficient (Wildman–Crippen LogP) is 22.7. The molecule has 0 spiro atoms. The van der Waals surface area contributed by atoms with Crippen molar-refractivity contribution >= 4 is 58.4 Å². The second-order valence-electron chi connectivity index (χ2n) is 28.1. The zero-order valence-corrected chi connectivity index (χ0v) is 63.8. The molecule has 0 radical (unpaired) electrons. The highest BCUT2D eigenvalue weighted by atomic mass is 35.5. The summed E-state index contributed by atoms with van der Waals surface area (Å²) in [6.07, 6.45) is -3.23. The summed E-state index contributed by atoms with van der Waals surface area (Å²) < 4.78 is 156. The largest absolute Gasteiger partial charge is 0.497 e. The maximum atomic E-state index is 14.0. The first-order valence-electron chi connectivity index (χ1n) is 35.8. The van der Waals surface area contributed by atoms with E-state index in [1.807, 2.05) is 27.7 Å². The van der Waals surface area contributed by atoms with Crippen LogP contribution in [0.25, 0.3) is 0 Å². The molecule has 3 heterocycles. The lowest BCUT2D eigenvalue weighted by Crippen LogP contribution is -2.43. The van der Waals surface area contributed by atoms with Crippen molar-refractivity contribution < 1.29 is 102 Å².